The van der Waals surface area contributed by atoms with Gasteiger partial charge in [-0.1, -0.05) is 0 Å². The summed E-state index contributed by atoms with van der Waals surface area (Å²) in [7, 11) is 0. The first-order valence-electron chi connectivity index (χ1n) is 14.9. The molecule has 1 aromatic rings. The van der Waals surface area contributed by atoms with E-state index in [0.717, 1.165) is 0 Å². The minimum atomic E-state index is -9.07. The van der Waals surface area contributed by atoms with Crippen LogP contribution in [0.1, 0.15) is 12.8 Å². The van der Waals surface area contributed by atoms with Crippen LogP contribution in [0.2, 0.25) is 0 Å². The Morgan fingerprint density at radius 3 is 0.545 bits per heavy atom. The summed E-state index contributed by atoms with van der Waals surface area (Å²) in [6, 6.07) is 0. The quantitative estimate of drug-likeness (QED) is 0.0725. The Morgan fingerprint density at radius 1 is 0.227 bits per heavy atom. The van der Waals surface area contributed by atoms with E-state index in [9.17, 15) is 167 Å². The number of alkyl halides is 34. The lowest BCUT2D eigenvalue weighted by atomic mass is 9.88. The first kappa shape index (κ1) is 61.3. The third-order valence-electron chi connectivity index (χ3n) is 8.08. The molecule has 0 unspecified atom stereocenters. The molecule has 0 radical (unpaired) electrons. The number of hydrogen-bond acceptors (Lipinski definition) is 2. The van der Waals surface area contributed by atoms with E-state index in [1.165, 1.54) is 0 Å². The van der Waals surface area contributed by atoms with E-state index in [1.807, 2.05) is 0 Å². The van der Waals surface area contributed by atoms with Gasteiger partial charge in [0.1, 0.15) is 0 Å². The molecule has 0 spiro atoms. The molecule has 1 aromatic carbocycles. The van der Waals surface area contributed by atoms with Crippen molar-refractivity contribution in [2.45, 2.75) is 118 Å². The van der Waals surface area contributed by atoms with Crippen LogP contribution in [0.5, 0.6) is 0 Å². The Labute approximate surface area is 343 Å². The zero-order valence-corrected chi connectivity index (χ0v) is 30.6. The molecule has 0 fully saturated rings. The molecular weight excluding hydrogens is 1100 g/mol. The number of benzene rings is 1. The second-order valence-electron chi connectivity index (χ2n) is 12.4. The molecular formula is C26H8F38S2. The van der Waals surface area contributed by atoms with E-state index in [1.54, 1.807) is 0 Å². The van der Waals surface area contributed by atoms with Crippen molar-refractivity contribution in [3.63, 3.8) is 0 Å². The van der Waals surface area contributed by atoms with Gasteiger partial charge < -0.3 is 0 Å². The van der Waals surface area contributed by atoms with Crippen LogP contribution < -0.4 is 0 Å². The number of thioether (sulfide) groups is 2. The van der Waals surface area contributed by atoms with Gasteiger partial charge in [0.05, 0.1) is 9.79 Å². The third kappa shape index (κ3) is 8.55. The first-order valence-corrected chi connectivity index (χ1v) is 16.8. The average Bonchev–Trinajstić information content (AvgIpc) is 3.11. The van der Waals surface area contributed by atoms with Crippen molar-refractivity contribution >= 4 is 23.5 Å². The molecule has 0 bridgehead atoms. The lowest BCUT2D eigenvalue weighted by molar-refractivity contribution is -0.461. The van der Waals surface area contributed by atoms with E-state index < -0.39 is 176 Å². The number of hydrogen-bond donors (Lipinski definition) is 0. The maximum absolute atomic E-state index is 14.5. The highest BCUT2D eigenvalue weighted by molar-refractivity contribution is 7.99. The molecule has 0 amide bonds. The van der Waals surface area contributed by atoms with Crippen molar-refractivity contribution in [3.05, 3.63) is 23.3 Å². The molecule has 0 heterocycles. The molecule has 390 valence electrons. The van der Waals surface area contributed by atoms with Crippen molar-refractivity contribution < 1.29 is 167 Å². The Bertz CT molecular complexity index is 1740. The topological polar surface area (TPSA) is 0 Å². The fourth-order valence-corrected chi connectivity index (χ4v) is 6.10. The van der Waals surface area contributed by atoms with E-state index in [0.29, 0.717) is 0 Å². The average molecular weight is 1110 g/mol. The second kappa shape index (κ2) is 17.0. The molecule has 0 aliphatic carbocycles. The summed E-state index contributed by atoms with van der Waals surface area (Å²) in [6.45, 7) is 0. The van der Waals surface area contributed by atoms with Crippen LogP contribution in [-0.2, 0) is 0 Å². The van der Waals surface area contributed by atoms with E-state index in [2.05, 4.69) is 0 Å². The molecule has 0 nitrogen and oxygen atoms in total. The summed E-state index contributed by atoms with van der Waals surface area (Å²) >= 11 is -2.89. The Kier molecular flexibility index (Phi) is 15.8. The predicted molar refractivity (Wildman–Crippen MR) is 138 cm³/mol. The monoisotopic (exact) mass is 1110 g/mol. The van der Waals surface area contributed by atoms with Gasteiger partial charge in [-0.3, -0.25) is 0 Å². The summed E-state index contributed by atoms with van der Waals surface area (Å²) in [6.07, 6.45) is -23.2. The summed E-state index contributed by atoms with van der Waals surface area (Å²) in [5.41, 5.74) is 0. The maximum Gasteiger partial charge on any atom is 0.460 e. The van der Waals surface area contributed by atoms with Gasteiger partial charge in [0.25, 0.3) is 0 Å². The van der Waals surface area contributed by atoms with Crippen LogP contribution in [0.15, 0.2) is 9.79 Å². The fraction of sp³-hybridized carbons (Fsp3) is 0.769. The van der Waals surface area contributed by atoms with Crippen molar-refractivity contribution in [1.82, 2.24) is 0 Å². The van der Waals surface area contributed by atoms with Crippen LogP contribution >= 0.6 is 23.5 Å². The van der Waals surface area contributed by atoms with Gasteiger partial charge in [-0.25, -0.2) is 17.6 Å². The van der Waals surface area contributed by atoms with E-state index >= 15 is 0 Å². The lowest BCUT2D eigenvalue weighted by Gasteiger charge is -2.42. The van der Waals surface area contributed by atoms with Gasteiger partial charge >= 0.3 is 95.3 Å². The minimum absolute atomic E-state index is 1.44. The van der Waals surface area contributed by atoms with E-state index in [-0.39, 0.29) is 0 Å². The highest BCUT2D eigenvalue weighted by Crippen LogP contribution is 2.66. The van der Waals surface area contributed by atoms with Gasteiger partial charge in [-0.05, 0) is 0 Å². The molecule has 0 saturated heterocycles. The SMILES string of the molecule is Fc1c(F)c(SCCC(F)(F)C(F)(F)C(F)(F)C(F)(F)C(F)(F)C(F)(F)C(F)(F)C(F)(F)F)c(F)c(F)c1SCCC(F)(F)C(F)(F)C(F)(F)C(F)(F)C(F)(F)C(F)(F)C(F)(F)C(F)(F)F. The third-order valence-corrected chi connectivity index (χ3v) is 10.2. The summed E-state index contributed by atoms with van der Waals surface area (Å²) in [5, 5.41) is 0. The number of halogens is 38. The zero-order valence-electron chi connectivity index (χ0n) is 29.0. The predicted octanol–water partition coefficient (Wildman–Crippen LogP) is 15.2. The van der Waals surface area contributed by atoms with Crippen LogP contribution in [0, 0.1) is 23.3 Å². The van der Waals surface area contributed by atoms with Crippen molar-refractivity contribution in [2.75, 3.05) is 11.5 Å². The van der Waals surface area contributed by atoms with Crippen LogP contribution in [0.4, 0.5) is 167 Å². The molecule has 1 rings (SSSR count). The van der Waals surface area contributed by atoms with Gasteiger partial charge in [0.15, 0.2) is 23.3 Å². The molecule has 0 aliphatic rings. The highest BCUT2D eigenvalue weighted by atomic mass is 32.2. The first-order chi connectivity index (χ1) is 28.3. The fourth-order valence-electron chi connectivity index (χ4n) is 4.11. The van der Waals surface area contributed by atoms with E-state index in [4.69, 9.17) is 0 Å². The van der Waals surface area contributed by atoms with Crippen LogP contribution in [-0.4, -0.2) is 107 Å². The smallest absolute Gasteiger partial charge is 0.202 e. The minimum Gasteiger partial charge on any atom is -0.202 e. The normalized spacial score (nSPS) is 16.1. The summed E-state index contributed by atoms with van der Waals surface area (Å²) < 4.78 is 513. The maximum atomic E-state index is 14.5. The summed E-state index contributed by atoms with van der Waals surface area (Å²) in [5.74, 6) is -138. The van der Waals surface area contributed by atoms with Crippen molar-refractivity contribution in [2.24, 2.45) is 0 Å². The molecule has 40 heteroatoms. The second-order valence-corrected chi connectivity index (χ2v) is 14.6. The van der Waals surface area contributed by atoms with Crippen molar-refractivity contribution in [1.29, 1.82) is 0 Å². The Morgan fingerprint density at radius 2 is 0.379 bits per heavy atom. The summed E-state index contributed by atoms with van der Waals surface area (Å²) in [4.78, 5) is -5.20. The van der Waals surface area contributed by atoms with Gasteiger partial charge in [0.2, 0.25) is 0 Å². The van der Waals surface area contributed by atoms with Gasteiger partial charge in [-0.15, -0.1) is 23.5 Å². The van der Waals surface area contributed by atoms with Crippen LogP contribution in [0.25, 0.3) is 0 Å². The lowest BCUT2D eigenvalue weighted by Crippen LogP contribution is -2.74. The molecule has 0 atom stereocenters. The molecule has 0 saturated carbocycles. The van der Waals surface area contributed by atoms with Crippen molar-refractivity contribution in [3.8, 4) is 0 Å². The largest absolute Gasteiger partial charge is 0.460 e. The Hall–Kier alpha value is -2.74. The molecule has 0 N–H and O–H groups in total. The van der Waals surface area contributed by atoms with Crippen LogP contribution in [0.3, 0.4) is 0 Å². The molecule has 0 aromatic heterocycles. The molecule has 0 aliphatic heterocycles. The standard InChI is InChI=1S/C26H8F38S2/c27-5-7(29)10(66-4-2-12(33,34)14(37,38)16(41,42)18(45,46)20(49,50)22(53,54)24(57,58)26(62,63)64)8(30)6(28)9(5)65-3-1-11(31,32)13(35,36)15(39,40)17(43,44)19(47,48)21(51,52)23(55,56)25(59,60)61/h1-4H2. The Balaban J connectivity index is 3.47. The van der Waals surface area contributed by atoms with Gasteiger partial charge in [0, 0.05) is 24.3 Å². The zero-order chi connectivity index (χ0) is 53.7. The molecule has 66 heavy (non-hydrogen) atoms. The highest BCUT2D eigenvalue weighted by Gasteiger charge is 2.97. The van der Waals surface area contributed by atoms with Gasteiger partial charge in [-0.2, -0.15) is 149 Å². The number of rotatable bonds is 20.